The number of thiophene rings is 1. The zero-order valence-corrected chi connectivity index (χ0v) is 11.9. The molecule has 5 heteroatoms. The molecule has 1 aliphatic heterocycles. The van der Waals surface area contributed by atoms with Gasteiger partial charge in [-0.25, -0.2) is 0 Å². The third kappa shape index (κ3) is 3.08. The first kappa shape index (κ1) is 12.5. The molecule has 0 saturated heterocycles. The lowest BCUT2D eigenvalue weighted by Crippen LogP contribution is -2.33. The molecule has 3 nitrogen and oxygen atoms in total. The average molecular weight is 292 g/mol. The summed E-state index contributed by atoms with van der Waals surface area (Å²) in [7, 11) is 0. The van der Waals surface area contributed by atoms with Gasteiger partial charge in [0, 0.05) is 23.3 Å². The Balaban J connectivity index is 1.65. The topological polar surface area (TPSA) is 36.4 Å². The van der Waals surface area contributed by atoms with Crippen LogP contribution in [0.1, 0.15) is 5.56 Å². The average Bonchev–Trinajstić information content (AvgIpc) is 3.08. The van der Waals surface area contributed by atoms with Gasteiger partial charge in [-0.3, -0.25) is 4.99 Å². The van der Waals surface area contributed by atoms with Gasteiger partial charge in [-0.1, -0.05) is 35.9 Å². The molecule has 3 rings (SSSR count). The van der Waals surface area contributed by atoms with Crippen molar-refractivity contribution in [1.29, 1.82) is 0 Å². The minimum atomic E-state index is 0.789. The molecular formula is C14H14ClN3S. The van der Waals surface area contributed by atoms with Crippen LogP contribution in [0.5, 0.6) is 0 Å². The highest BCUT2D eigenvalue weighted by atomic mass is 35.5. The fraction of sp³-hybridized carbons (Fsp3) is 0.214. The first-order valence-electron chi connectivity index (χ1n) is 6.17. The fourth-order valence-corrected chi connectivity index (χ4v) is 3.04. The van der Waals surface area contributed by atoms with E-state index in [1.807, 2.05) is 11.4 Å². The number of hydrogen-bond acceptors (Lipinski definition) is 4. The molecule has 98 valence electrons. The first-order chi connectivity index (χ1) is 9.31. The lowest BCUT2D eigenvalue weighted by atomic mass is 10.1. The van der Waals surface area contributed by atoms with E-state index in [1.165, 1.54) is 16.0 Å². The molecule has 0 fully saturated rings. The number of guanidine groups is 1. The number of nitrogens with one attached hydrogen (secondary N) is 2. The fourth-order valence-electron chi connectivity index (χ4n) is 1.95. The van der Waals surface area contributed by atoms with Crippen molar-refractivity contribution in [2.24, 2.45) is 4.99 Å². The number of halogens is 1. The van der Waals surface area contributed by atoms with Crippen molar-refractivity contribution in [3.63, 3.8) is 0 Å². The highest BCUT2D eigenvalue weighted by Crippen LogP contribution is 2.29. The van der Waals surface area contributed by atoms with Gasteiger partial charge in [0.05, 0.1) is 11.6 Å². The van der Waals surface area contributed by atoms with Gasteiger partial charge >= 0.3 is 0 Å². The minimum Gasteiger partial charge on any atom is -0.355 e. The van der Waals surface area contributed by atoms with Crippen LogP contribution in [0.4, 0.5) is 0 Å². The summed E-state index contributed by atoms with van der Waals surface area (Å²) >= 11 is 7.61. The number of benzene rings is 1. The smallest absolute Gasteiger partial charge is 0.191 e. The van der Waals surface area contributed by atoms with Crippen molar-refractivity contribution in [3.8, 4) is 10.4 Å². The second-order valence-corrected chi connectivity index (χ2v) is 5.68. The van der Waals surface area contributed by atoms with E-state index in [0.717, 1.165) is 30.6 Å². The summed E-state index contributed by atoms with van der Waals surface area (Å²) in [6.45, 7) is 2.58. The zero-order chi connectivity index (χ0) is 13.1. The van der Waals surface area contributed by atoms with Crippen molar-refractivity contribution in [2.45, 2.75) is 6.54 Å². The Morgan fingerprint density at radius 2 is 2.16 bits per heavy atom. The van der Waals surface area contributed by atoms with Crippen LogP contribution in [0.25, 0.3) is 10.4 Å². The highest BCUT2D eigenvalue weighted by molar-refractivity contribution is 7.14. The second-order valence-electron chi connectivity index (χ2n) is 4.34. The summed E-state index contributed by atoms with van der Waals surface area (Å²) in [5.74, 6) is 0.897. The van der Waals surface area contributed by atoms with Crippen LogP contribution < -0.4 is 10.6 Å². The standard InChI is InChI=1S/C14H14ClN3S/c15-12-7-13(19-9-12)11-3-1-10(2-4-11)8-18-14-16-5-6-17-14/h1-4,7,9H,5-6,8H2,(H2,16,17,18). The third-order valence-corrected chi connectivity index (χ3v) is 4.27. The maximum Gasteiger partial charge on any atom is 0.191 e. The molecule has 0 amide bonds. The summed E-state index contributed by atoms with van der Waals surface area (Å²) in [5.41, 5.74) is 2.44. The van der Waals surface area contributed by atoms with Gasteiger partial charge in [-0.15, -0.1) is 11.3 Å². The van der Waals surface area contributed by atoms with E-state index in [9.17, 15) is 0 Å². The molecule has 0 saturated carbocycles. The van der Waals surface area contributed by atoms with Crippen LogP contribution in [0.3, 0.4) is 0 Å². The van der Waals surface area contributed by atoms with E-state index < -0.39 is 0 Å². The van der Waals surface area contributed by atoms with Gasteiger partial charge in [-0.05, 0) is 17.2 Å². The SMILES string of the molecule is Clc1csc(-c2ccc(CNC3=NCCN3)cc2)c1. The van der Waals surface area contributed by atoms with Crippen LogP contribution in [-0.2, 0) is 6.54 Å². The van der Waals surface area contributed by atoms with E-state index in [2.05, 4.69) is 39.9 Å². The van der Waals surface area contributed by atoms with E-state index in [4.69, 9.17) is 11.6 Å². The Morgan fingerprint density at radius 3 is 2.79 bits per heavy atom. The van der Waals surface area contributed by atoms with Gasteiger partial charge in [0.15, 0.2) is 5.96 Å². The van der Waals surface area contributed by atoms with Gasteiger partial charge in [0.2, 0.25) is 0 Å². The number of aliphatic imine (C=N–C) groups is 1. The molecule has 2 aromatic rings. The van der Waals surface area contributed by atoms with Crippen LogP contribution in [-0.4, -0.2) is 19.0 Å². The number of hydrogen-bond donors (Lipinski definition) is 2. The van der Waals surface area contributed by atoms with E-state index in [1.54, 1.807) is 11.3 Å². The molecule has 2 heterocycles. The Bertz CT molecular complexity index is 589. The second kappa shape index (κ2) is 5.63. The minimum absolute atomic E-state index is 0.789. The first-order valence-corrected chi connectivity index (χ1v) is 7.42. The number of nitrogens with zero attached hydrogens (tertiary/aromatic N) is 1. The van der Waals surface area contributed by atoms with E-state index in [0.29, 0.717) is 0 Å². The summed E-state index contributed by atoms with van der Waals surface area (Å²) in [6, 6.07) is 10.5. The van der Waals surface area contributed by atoms with Crippen LogP contribution >= 0.6 is 22.9 Å². The molecule has 0 atom stereocenters. The Labute approximate surface area is 121 Å². The van der Waals surface area contributed by atoms with E-state index >= 15 is 0 Å². The highest BCUT2D eigenvalue weighted by Gasteiger charge is 2.04. The monoisotopic (exact) mass is 291 g/mol. The molecule has 0 unspecified atom stereocenters. The molecule has 1 aromatic heterocycles. The summed E-state index contributed by atoms with van der Waals surface area (Å²) < 4.78 is 0. The normalized spacial score (nSPS) is 14.1. The molecule has 19 heavy (non-hydrogen) atoms. The Hall–Kier alpha value is -1.52. The van der Waals surface area contributed by atoms with Crippen LogP contribution in [0, 0.1) is 0 Å². The van der Waals surface area contributed by atoms with Crippen molar-refractivity contribution >= 4 is 28.9 Å². The van der Waals surface area contributed by atoms with E-state index in [-0.39, 0.29) is 0 Å². The lowest BCUT2D eigenvalue weighted by Gasteiger charge is -2.07. The quantitative estimate of drug-likeness (QED) is 0.911. The van der Waals surface area contributed by atoms with Crippen LogP contribution in [0.15, 0.2) is 40.7 Å². The van der Waals surface area contributed by atoms with Crippen molar-refractivity contribution in [1.82, 2.24) is 10.6 Å². The Morgan fingerprint density at radius 1 is 1.32 bits per heavy atom. The summed E-state index contributed by atoms with van der Waals surface area (Å²) in [4.78, 5) is 5.50. The van der Waals surface area contributed by atoms with Crippen molar-refractivity contribution < 1.29 is 0 Å². The molecule has 0 spiro atoms. The molecular weight excluding hydrogens is 278 g/mol. The third-order valence-electron chi connectivity index (χ3n) is 2.94. The maximum absolute atomic E-state index is 5.94. The predicted octanol–water partition coefficient (Wildman–Crippen LogP) is 3.12. The van der Waals surface area contributed by atoms with Crippen molar-refractivity contribution in [3.05, 3.63) is 46.3 Å². The lowest BCUT2D eigenvalue weighted by molar-refractivity contribution is 0.867. The largest absolute Gasteiger partial charge is 0.355 e. The molecule has 1 aliphatic rings. The molecule has 0 bridgehead atoms. The summed E-state index contributed by atoms with van der Waals surface area (Å²) in [5, 5.41) is 9.23. The zero-order valence-electron chi connectivity index (χ0n) is 10.3. The molecule has 2 N–H and O–H groups in total. The predicted molar refractivity (Wildman–Crippen MR) is 81.9 cm³/mol. The molecule has 1 aromatic carbocycles. The van der Waals surface area contributed by atoms with Crippen LogP contribution in [0.2, 0.25) is 5.02 Å². The van der Waals surface area contributed by atoms with Gasteiger partial charge in [0.1, 0.15) is 0 Å². The van der Waals surface area contributed by atoms with Gasteiger partial charge in [-0.2, -0.15) is 0 Å². The molecule has 0 radical (unpaired) electrons. The van der Waals surface area contributed by atoms with Gasteiger partial charge < -0.3 is 10.6 Å². The Kier molecular flexibility index (Phi) is 3.71. The summed E-state index contributed by atoms with van der Waals surface area (Å²) in [6.07, 6.45) is 0. The molecule has 0 aliphatic carbocycles. The number of rotatable bonds is 3. The van der Waals surface area contributed by atoms with Crippen molar-refractivity contribution in [2.75, 3.05) is 13.1 Å². The maximum atomic E-state index is 5.94. The van der Waals surface area contributed by atoms with Gasteiger partial charge in [0.25, 0.3) is 0 Å².